The lowest BCUT2D eigenvalue weighted by Gasteiger charge is -2.35. The van der Waals surface area contributed by atoms with Crippen molar-refractivity contribution >= 4 is 11.8 Å². The highest BCUT2D eigenvalue weighted by molar-refractivity contribution is 5.98. The van der Waals surface area contributed by atoms with Crippen LogP contribution in [-0.4, -0.2) is 26.5 Å². The van der Waals surface area contributed by atoms with Crippen molar-refractivity contribution in [3.63, 3.8) is 0 Å². The SMILES string of the molecule is CC1NN(Cc2ccc(F)cc2)C(=O)c2c(O)c(=O)c(C(=O)NCc3ccc(F)cc3)cn21. The van der Waals surface area contributed by atoms with E-state index in [9.17, 15) is 28.3 Å². The van der Waals surface area contributed by atoms with E-state index in [0.29, 0.717) is 11.1 Å². The standard InChI is InChI=1S/C23H20F2N4O4/c1-13-27-29(11-15-4-8-17(25)9-5-15)23(33)19-21(31)20(30)18(12-28(13)19)22(32)26-10-14-2-6-16(24)7-3-14/h2-9,12-13,27,31H,10-11H2,1H3,(H,26,32). The molecule has 3 aromatic rings. The molecule has 10 heteroatoms. The smallest absolute Gasteiger partial charge is 0.289 e. The molecule has 1 atom stereocenters. The maximum Gasteiger partial charge on any atom is 0.289 e. The maximum atomic E-state index is 13.2. The second kappa shape index (κ2) is 8.83. The van der Waals surface area contributed by atoms with E-state index in [0.717, 1.165) is 0 Å². The monoisotopic (exact) mass is 454 g/mol. The van der Waals surface area contributed by atoms with Crippen LogP contribution in [-0.2, 0) is 13.1 Å². The summed E-state index contributed by atoms with van der Waals surface area (Å²) in [4.78, 5) is 38.3. The molecule has 33 heavy (non-hydrogen) atoms. The number of benzene rings is 2. The summed E-state index contributed by atoms with van der Waals surface area (Å²) in [6, 6.07) is 11.0. The number of pyridine rings is 1. The van der Waals surface area contributed by atoms with Gasteiger partial charge in [-0.2, -0.15) is 0 Å². The van der Waals surface area contributed by atoms with E-state index < -0.39 is 40.8 Å². The average molecular weight is 454 g/mol. The zero-order chi connectivity index (χ0) is 23.7. The van der Waals surface area contributed by atoms with Crippen LogP contribution in [0, 0.1) is 11.6 Å². The molecule has 0 fully saturated rings. The molecule has 1 aliphatic heterocycles. The van der Waals surface area contributed by atoms with Crippen molar-refractivity contribution in [2.45, 2.75) is 26.2 Å². The topological polar surface area (TPSA) is 104 Å². The second-order valence-corrected chi connectivity index (χ2v) is 7.61. The van der Waals surface area contributed by atoms with Gasteiger partial charge in [-0.3, -0.25) is 19.4 Å². The number of hydrogen-bond acceptors (Lipinski definition) is 5. The Hall–Kier alpha value is -4.05. The van der Waals surface area contributed by atoms with Gasteiger partial charge in [0.2, 0.25) is 5.43 Å². The van der Waals surface area contributed by atoms with Crippen LogP contribution < -0.4 is 16.2 Å². The number of aromatic nitrogens is 1. The fraction of sp³-hybridized carbons (Fsp3) is 0.174. The highest BCUT2D eigenvalue weighted by Gasteiger charge is 2.33. The van der Waals surface area contributed by atoms with Gasteiger partial charge in [-0.1, -0.05) is 24.3 Å². The molecule has 170 valence electrons. The highest BCUT2D eigenvalue weighted by atomic mass is 19.1. The summed E-state index contributed by atoms with van der Waals surface area (Å²) in [5.74, 6) is -3.09. The van der Waals surface area contributed by atoms with Gasteiger partial charge in [0.25, 0.3) is 11.8 Å². The Morgan fingerprint density at radius 2 is 1.61 bits per heavy atom. The summed E-state index contributed by atoms with van der Waals surface area (Å²) in [7, 11) is 0. The van der Waals surface area contributed by atoms with Crippen LogP contribution in [0.1, 0.15) is 45.1 Å². The molecule has 1 aromatic heterocycles. The molecule has 1 unspecified atom stereocenters. The molecule has 2 aromatic carbocycles. The summed E-state index contributed by atoms with van der Waals surface area (Å²) in [6.07, 6.45) is 0.621. The second-order valence-electron chi connectivity index (χ2n) is 7.61. The fourth-order valence-corrected chi connectivity index (χ4v) is 3.54. The Morgan fingerprint density at radius 3 is 2.21 bits per heavy atom. The Bertz CT molecular complexity index is 1270. The predicted molar refractivity (Wildman–Crippen MR) is 114 cm³/mol. The number of nitrogens with zero attached hydrogens (tertiary/aromatic N) is 2. The van der Waals surface area contributed by atoms with Crippen LogP contribution in [0.5, 0.6) is 5.75 Å². The molecule has 0 radical (unpaired) electrons. The van der Waals surface area contributed by atoms with E-state index in [2.05, 4.69) is 10.7 Å². The average Bonchev–Trinajstić information content (AvgIpc) is 2.80. The third-order valence-electron chi connectivity index (χ3n) is 5.28. The van der Waals surface area contributed by atoms with Crippen LogP contribution >= 0.6 is 0 Å². The van der Waals surface area contributed by atoms with Gasteiger partial charge >= 0.3 is 0 Å². The Labute approximate surface area is 187 Å². The Kier molecular flexibility index (Phi) is 5.93. The molecule has 8 nitrogen and oxygen atoms in total. The number of nitrogens with one attached hydrogen (secondary N) is 2. The van der Waals surface area contributed by atoms with Gasteiger partial charge in [0.05, 0.1) is 12.7 Å². The van der Waals surface area contributed by atoms with Crippen LogP contribution in [0.2, 0.25) is 0 Å². The number of carbonyl (C=O) groups excluding carboxylic acids is 2. The lowest BCUT2D eigenvalue weighted by atomic mass is 10.1. The molecule has 0 saturated heterocycles. The zero-order valence-corrected chi connectivity index (χ0v) is 17.5. The summed E-state index contributed by atoms with van der Waals surface area (Å²) < 4.78 is 27.5. The first-order chi connectivity index (χ1) is 15.7. The van der Waals surface area contributed by atoms with E-state index >= 15 is 0 Å². The van der Waals surface area contributed by atoms with Crippen molar-refractivity contribution in [2.24, 2.45) is 0 Å². The third kappa shape index (κ3) is 4.46. The van der Waals surface area contributed by atoms with Crippen LogP contribution in [0.15, 0.2) is 59.5 Å². The molecule has 2 amide bonds. The first kappa shape index (κ1) is 22.2. The van der Waals surface area contributed by atoms with E-state index in [4.69, 9.17) is 0 Å². The first-order valence-corrected chi connectivity index (χ1v) is 10.1. The lowest BCUT2D eigenvalue weighted by Crippen LogP contribution is -2.51. The number of hydrazine groups is 1. The molecule has 0 bridgehead atoms. The van der Waals surface area contributed by atoms with E-state index in [1.807, 2.05) is 0 Å². The molecule has 0 aliphatic carbocycles. The van der Waals surface area contributed by atoms with Gasteiger partial charge < -0.3 is 15.0 Å². The van der Waals surface area contributed by atoms with Gasteiger partial charge in [0, 0.05) is 12.7 Å². The first-order valence-electron chi connectivity index (χ1n) is 10.1. The van der Waals surface area contributed by atoms with Gasteiger partial charge in [0.15, 0.2) is 11.4 Å². The molecule has 3 N–H and O–H groups in total. The van der Waals surface area contributed by atoms with Crippen molar-refractivity contribution in [3.8, 4) is 5.75 Å². The van der Waals surface area contributed by atoms with Crippen molar-refractivity contribution in [2.75, 3.05) is 0 Å². The largest absolute Gasteiger partial charge is 0.503 e. The quantitative estimate of drug-likeness (QED) is 0.550. The molecule has 4 rings (SSSR count). The Morgan fingerprint density at radius 1 is 1.03 bits per heavy atom. The fourth-order valence-electron chi connectivity index (χ4n) is 3.54. The summed E-state index contributed by atoms with van der Waals surface area (Å²) in [6.45, 7) is 1.79. The number of carbonyl (C=O) groups is 2. The normalized spacial score (nSPS) is 15.3. The van der Waals surface area contributed by atoms with E-state index in [1.54, 1.807) is 6.92 Å². The molecule has 2 heterocycles. The van der Waals surface area contributed by atoms with Gasteiger partial charge in [0.1, 0.15) is 17.2 Å². The number of fused-ring (bicyclic) bond motifs is 1. The number of rotatable bonds is 5. The lowest BCUT2D eigenvalue weighted by molar-refractivity contribution is 0.0453. The minimum absolute atomic E-state index is 0.0409. The molecular weight excluding hydrogens is 434 g/mol. The highest BCUT2D eigenvalue weighted by Crippen LogP contribution is 2.24. The van der Waals surface area contributed by atoms with E-state index in [-0.39, 0.29) is 24.3 Å². The molecule has 0 spiro atoms. The van der Waals surface area contributed by atoms with Gasteiger partial charge in [-0.05, 0) is 42.3 Å². The van der Waals surface area contributed by atoms with Crippen LogP contribution in [0.25, 0.3) is 0 Å². The maximum absolute atomic E-state index is 13.2. The Balaban J connectivity index is 1.58. The summed E-state index contributed by atoms with van der Waals surface area (Å²) in [5, 5.41) is 14.3. The number of amides is 2. The third-order valence-corrected chi connectivity index (χ3v) is 5.28. The molecular formula is C23H20F2N4O4. The predicted octanol–water partition coefficient (Wildman–Crippen LogP) is 2.44. The van der Waals surface area contributed by atoms with Gasteiger partial charge in [-0.25, -0.2) is 14.2 Å². The van der Waals surface area contributed by atoms with Crippen molar-refractivity contribution in [1.29, 1.82) is 0 Å². The van der Waals surface area contributed by atoms with Crippen molar-refractivity contribution in [1.82, 2.24) is 20.3 Å². The number of halogens is 2. The summed E-state index contributed by atoms with van der Waals surface area (Å²) >= 11 is 0. The zero-order valence-electron chi connectivity index (χ0n) is 17.5. The minimum atomic E-state index is -0.984. The molecule has 0 saturated carbocycles. The summed E-state index contributed by atoms with van der Waals surface area (Å²) in [5.41, 5.74) is 2.60. The van der Waals surface area contributed by atoms with Gasteiger partial charge in [-0.15, -0.1) is 0 Å². The van der Waals surface area contributed by atoms with E-state index in [1.165, 1.54) is 64.3 Å². The van der Waals surface area contributed by atoms with Crippen molar-refractivity contribution < 1.29 is 23.5 Å². The number of hydrogen-bond donors (Lipinski definition) is 3. The van der Waals surface area contributed by atoms with Crippen LogP contribution in [0.3, 0.4) is 0 Å². The molecule has 1 aliphatic rings. The number of aromatic hydroxyl groups is 1. The van der Waals surface area contributed by atoms with Crippen molar-refractivity contribution in [3.05, 3.63) is 99.0 Å². The minimum Gasteiger partial charge on any atom is -0.503 e. The van der Waals surface area contributed by atoms with Crippen LogP contribution in [0.4, 0.5) is 8.78 Å².